The van der Waals surface area contributed by atoms with Gasteiger partial charge in [0.25, 0.3) is 0 Å². The molecule has 1 rings (SSSR count). The molecule has 16 heavy (non-hydrogen) atoms. The third kappa shape index (κ3) is 4.53. The molecule has 0 aromatic carbocycles. The van der Waals surface area contributed by atoms with E-state index >= 15 is 0 Å². The first-order chi connectivity index (χ1) is 7.72. The Labute approximate surface area is 93.9 Å². The standard InChI is InChI=1S/C11H13N3O2/c12-4-8-14(7-3-11(15)16)9-10-1-5-13-6-2-10/h1-2,5-6H,3,7-9H2,(H,15,16). The molecule has 0 aliphatic rings. The van der Waals surface area contributed by atoms with Crippen molar-refractivity contribution in [3.05, 3.63) is 30.1 Å². The van der Waals surface area contributed by atoms with Crippen LogP contribution in [0.5, 0.6) is 0 Å². The van der Waals surface area contributed by atoms with Crippen molar-refractivity contribution in [3.8, 4) is 6.07 Å². The number of hydrogen-bond acceptors (Lipinski definition) is 4. The highest BCUT2D eigenvalue weighted by molar-refractivity contribution is 5.66. The monoisotopic (exact) mass is 219 g/mol. The van der Waals surface area contributed by atoms with E-state index < -0.39 is 5.97 Å². The maximum atomic E-state index is 10.4. The lowest BCUT2D eigenvalue weighted by Gasteiger charge is -2.17. The molecule has 5 nitrogen and oxygen atoms in total. The van der Waals surface area contributed by atoms with Gasteiger partial charge in [0.15, 0.2) is 0 Å². The molecule has 0 radical (unpaired) electrons. The highest BCUT2D eigenvalue weighted by Crippen LogP contribution is 2.03. The molecule has 0 aliphatic carbocycles. The number of carbonyl (C=O) groups is 1. The van der Waals surface area contributed by atoms with Crippen LogP contribution in [-0.4, -0.2) is 34.0 Å². The third-order valence-electron chi connectivity index (χ3n) is 2.09. The van der Waals surface area contributed by atoms with Crippen molar-refractivity contribution < 1.29 is 9.90 Å². The number of nitriles is 1. The summed E-state index contributed by atoms with van der Waals surface area (Å²) in [5, 5.41) is 17.2. The van der Waals surface area contributed by atoms with Crippen LogP contribution in [0.1, 0.15) is 12.0 Å². The largest absolute Gasteiger partial charge is 0.481 e. The molecule has 1 aromatic rings. The van der Waals surface area contributed by atoms with Crippen molar-refractivity contribution in [3.63, 3.8) is 0 Å². The minimum Gasteiger partial charge on any atom is -0.481 e. The van der Waals surface area contributed by atoms with Crippen LogP contribution >= 0.6 is 0 Å². The molecule has 0 aliphatic heterocycles. The predicted molar refractivity (Wildman–Crippen MR) is 57.4 cm³/mol. The van der Waals surface area contributed by atoms with E-state index in [-0.39, 0.29) is 13.0 Å². The Morgan fingerprint density at radius 3 is 2.75 bits per heavy atom. The van der Waals surface area contributed by atoms with Gasteiger partial charge >= 0.3 is 5.97 Å². The van der Waals surface area contributed by atoms with Gasteiger partial charge in [-0.2, -0.15) is 5.26 Å². The fraction of sp³-hybridized carbons (Fsp3) is 0.364. The van der Waals surface area contributed by atoms with Gasteiger partial charge in [0, 0.05) is 25.5 Å². The molecule has 0 unspecified atom stereocenters. The lowest BCUT2D eigenvalue weighted by atomic mass is 10.2. The first-order valence-corrected chi connectivity index (χ1v) is 4.92. The van der Waals surface area contributed by atoms with Gasteiger partial charge < -0.3 is 5.11 Å². The number of aromatic nitrogens is 1. The van der Waals surface area contributed by atoms with Crippen LogP contribution in [-0.2, 0) is 11.3 Å². The summed E-state index contributed by atoms with van der Waals surface area (Å²) in [4.78, 5) is 16.1. The van der Waals surface area contributed by atoms with Crippen molar-refractivity contribution in [1.82, 2.24) is 9.88 Å². The van der Waals surface area contributed by atoms with Gasteiger partial charge in [-0.3, -0.25) is 14.7 Å². The molecule has 0 fully saturated rings. The number of hydrogen-bond donors (Lipinski definition) is 1. The number of carboxylic acids is 1. The van der Waals surface area contributed by atoms with E-state index in [2.05, 4.69) is 4.98 Å². The molecule has 1 N–H and O–H groups in total. The van der Waals surface area contributed by atoms with E-state index in [1.54, 1.807) is 17.3 Å². The van der Waals surface area contributed by atoms with Crippen LogP contribution in [0.4, 0.5) is 0 Å². The number of nitrogens with zero attached hydrogens (tertiary/aromatic N) is 3. The summed E-state index contributed by atoms with van der Waals surface area (Å²) in [6.07, 6.45) is 3.40. The SMILES string of the molecule is N#CCN(CCC(=O)O)Cc1ccncc1. The molecular formula is C11H13N3O2. The summed E-state index contributed by atoms with van der Waals surface area (Å²) in [6.45, 7) is 1.18. The van der Waals surface area contributed by atoms with Crippen LogP contribution in [0, 0.1) is 11.3 Å². The Balaban J connectivity index is 2.51. The molecule has 5 heteroatoms. The van der Waals surface area contributed by atoms with Crippen LogP contribution < -0.4 is 0 Å². The van der Waals surface area contributed by atoms with Crippen LogP contribution in [0.3, 0.4) is 0 Å². The summed E-state index contributed by atoms with van der Waals surface area (Å²) in [5.74, 6) is -0.849. The Bertz CT molecular complexity index is 373. The normalized spacial score (nSPS) is 10.0. The van der Waals surface area contributed by atoms with E-state index in [1.165, 1.54) is 0 Å². The van der Waals surface area contributed by atoms with E-state index in [0.717, 1.165) is 5.56 Å². The lowest BCUT2D eigenvalue weighted by Crippen LogP contribution is -2.26. The zero-order valence-electron chi connectivity index (χ0n) is 8.83. The summed E-state index contributed by atoms with van der Waals surface area (Å²) in [5.41, 5.74) is 1.02. The molecule has 1 aromatic heterocycles. The molecule has 0 saturated heterocycles. The number of pyridine rings is 1. The topological polar surface area (TPSA) is 77.2 Å². The van der Waals surface area contributed by atoms with Gasteiger partial charge in [-0.05, 0) is 17.7 Å². The predicted octanol–water partition coefficient (Wildman–Crippen LogP) is 0.882. The number of carboxylic acid groups (broad SMARTS) is 1. The van der Waals surface area contributed by atoms with Gasteiger partial charge in [0.1, 0.15) is 0 Å². The quantitative estimate of drug-likeness (QED) is 0.719. The van der Waals surface area contributed by atoms with Crippen LogP contribution in [0.2, 0.25) is 0 Å². The first-order valence-electron chi connectivity index (χ1n) is 4.92. The van der Waals surface area contributed by atoms with Gasteiger partial charge in [0.05, 0.1) is 19.0 Å². The molecular weight excluding hydrogens is 206 g/mol. The molecule has 1 heterocycles. The molecule has 84 valence electrons. The van der Waals surface area contributed by atoms with Crippen molar-refractivity contribution in [2.24, 2.45) is 0 Å². The number of aliphatic carboxylic acids is 1. The Kier molecular flexibility index (Phi) is 4.96. The van der Waals surface area contributed by atoms with Crippen LogP contribution in [0.15, 0.2) is 24.5 Å². The second-order valence-corrected chi connectivity index (χ2v) is 3.37. The molecule has 0 atom stereocenters. The molecule has 0 spiro atoms. The number of rotatable bonds is 6. The minimum absolute atomic E-state index is 0.0484. The van der Waals surface area contributed by atoms with E-state index in [4.69, 9.17) is 10.4 Å². The zero-order chi connectivity index (χ0) is 11.8. The fourth-order valence-electron chi connectivity index (χ4n) is 1.31. The maximum Gasteiger partial charge on any atom is 0.304 e. The summed E-state index contributed by atoms with van der Waals surface area (Å²) in [6, 6.07) is 5.73. The van der Waals surface area contributed by atoms with Gasteiger partial charge in [-0.1, -0.05) is 0 Å². The average Bonchev–Trinajstić information content (AvgIpc) is 2.27. The Morgan fingerprint density at radius 2 is 2.19 bits per heavy atom. The molecule has 0 bridgehead atoms. The van der Waals surface area contributed by atoms with Gasteiger partial charge in [-0.25, -0.2) is 0 Å². The highest BCUT2D eigenvalue weighted by Gasteiger charge is 2.07. The van der Waals surface area contributed by atoms with Crippen LogP contribution in [0.25, 0.3) is 0 Å². The first kappa shape index (κ1) is 12.1. The lowest BCUT2D eigenvalue weighted by molar-refractivity contribution is -0.137. The van der Waals surface area contributed by atoms with Crippen molar-refractivity contribution >= 4 is 5.97 Å². The highest BCUT2D eigenvalue weighted by atomic mass is 16.4. The van der Waals surface area contributed by atoms with Crippen molar-refractivity contribution in [2.45, 2.75) is 13.0 Å². The van der Waals surface area contributed by atoms with Crippen molar-refractivity contribution in [1.29, 1.82) is 5.26 Å². The Hall–Kier alpha value is -1.93. The molecule has 0 saturated carbocycles. The maximum absolute atomic E-state index is 10.4. The fourth-order valence-corrected chi connectivity index (χ4v) is 1.31. The minimum atomic E-state index is -0.849. The van der Waals surface area contributed by atoms with Crippen molar-refractivity contribution in [2.75, 3.05) is 13.1 Å². The van der Waals surface area contributed by atoms with E-state index in [9.17, 15) is 4.79 Å². The van der Waals surface area contributed by atoms with E-state index in [1.807, 2.05) is 18.2 Å². The third-order valence-corrected chi connectivity index (χ3v) is 2.09. The van der Waals surface area contributed by atoms with E-state index in [0.29, 0.717) is 13.1 Å². The average molecular weight is 219 g/mol. The Morgan fingerprint density at radius 1 is 1.50 bits per heavy atom. The second kappa shape index (κ2) is 6.53. The summed E-state index contributed by atoms with van der Waals surface area (Å²) in [7, 11) is 0. The summed E-state index contributed by atoms with van der Waals surface area (Å²) >= 11 is 0. The second-order valence-electron chi connectivity index (χ2n) is 3.37. The van der Waals surface area contributed by atoms with Gasteiger partial charge in [0.2, 0.25) is 0 Å². The zero-order valence-corrected chi connectivity index (χ0v) is 8.83. The molecule has 0 amide bonds. The van der Waals surface area contributed by atoms with Gasteiger partial charge in [-0.15, -0.1) is 0 Å². The summed E-state index contributed by atoms with van der Waals surface area (Å²) < 4.78 is 0. The smallest absolute Gasteiger partial charge is 0.304 e.